The second-order valence-corrected chi connectivity index (χ2v) is 5.59. The van der Waals surface area contributed by atoms with Crippen molar-refractivity contribution in [1.29, 1.82) is 0 Å². The fourth-order valence-corrected chi connectivity index (χ4v) is 1.71. The van der Waals surface area contributed by atoms with Crippen LogP contribution in [0.1, 0.15) is 33.3 Å². The summed E-state index contributed by atoms with van der Waals surface area (Å²) in [5.41, 5.74) is 1.24. The molecule has 0 fully saturated rings. The maximum absolute atomic E-state index is 9.72. The predicted octanol–water partition coefficient (Wildman–Crippen LogP) is 3.26. The average molecular weight is 221 g/mol. The second-order valence-electron chi connectivity index (χ2n) is 5.59. The second kappa shape index (κ2) is 4.88. The Balaban J connectivity index is 2.72. The molecule has 16 heavy (non-hydrogen) atoms. The zero-order valence-corrected chi connectivity index (χ0v) is 11.0. The Bertz CT molecular complexity index is 341. The Kier molecular flexibility index (Phi) is 3.98. The van der Waals surface area contributed by atoms with Crippen molar-refractivity contribution >= 4 is 0 Å². The summed E-state index contributed by atoms with van der Waals surface area (Å²) in [6.45, 7) is 9.71. The van der Waals surface area contributed by atoms with Crippen molar-refractivity contribution in [2.75, 3.05) is 7.05 Å². The van der Waals surface area contributed by atoms with E-state index in [1.54, 1.807) is 6.07 Å². The standard InChI is InChI=1S/C14H23NO/c1-11(14(2,3)4)15(5)10-12-8-6-7-9-13(12)16/h6-9,11,16H,10H2,1-5H3. The van der Waals surface area contributed by atoms with Gasteiger partial charge in [-0.05, 0) is 25.5 Å². The number of phenolic OH excluding ortho intramolecular Hbond substituents is 1. The fourth-order valence-electron chi connectivity index (χ4n) is 1.71. The molecule has 0 spiro atoms. The topological polar surface area (TPSA) is 23.5 Å². The van der Waals surface area contributed by atoms with Crippen LogP contribution in [0.25, 0.3) is 0 Å². The van der Waals surface area contributed by atoms with Crippen LogP contribution in [-0.2, 0) is 6.54 Å². The van der Waals surface area contributed by atoms with E-state index in [0.29, 0.717) is 11.8 Å². The summed E-state index contributed by atoms with van der Waals surface area (Å²) >= 11 is 0. The molecule has 0 radical (unpaired) electrons. The van der Waals surface area contributed by atoms with Crippen molar-refractivity contribution in [3.63, 3.8) is 0 Å². The minimum atomic E-state index is 0.249. The summed E-state index contributed by atoms with van der Waals surface area (Å²) in [4.78, 5) is 2.27. The van der Waals surface area contributed by atoms with Crippen molar-refractivity contribution in [3.8, 4) is 5.75 Å². The highest BCUT2D eigenvalue weighted by atomic mass is 16.3. The van der Waals surface area contributed by atoms with E-state index in [4.69, 9.17) is 0 Å². The molecule has 90 valence electrons. The molecule has 0 bridgehead atoms. The van der Waals surface area contributed by atoms with Gasteiger partial charge in [0.05, 0.1) is 0 Å². The van der Waals surface area contributed by atoms with Crippen LogP contribution in [0, 0.1) is 5.41 Å². The van der Waals surface area contributed by atoms with Crippen LogP contribution in [0.2, 0.25) is 0 Å². The largest absolute Gasteiger partial charge is 0.508 e. The third-order valence-corrected chi connectivity index (χ3v) is 3.33. The van der Waals surface area contributed by atoms with Gasteiger partial charge in [0.25, 0.3) is 0 Å². The smallest absolute Gasteiger partial charge is 0.120 e. The number of hydrogen-bond acceptors (Lipinski definition) is 2. The van der Waals surface area contributed by atoms with Crippen LogP contribution in [0.15, 0.2) is 24.3 Å². The number of rotatable bonds is 3. The molecule has 0 heterocycles. The van der Waals surface area contributed by atoms with E-state index in [0.717, 1.165) is 12.1 Å². The van der Waals surface area contributed by atoms with Crippen LogP contribution in [0.5, 0.6) is 5.75 Å². The number of benzene rings is 1. The van der Waals surface area contributed by atoms with Gasteiger partial charge in [-0.3, -0.25) is 4.90 Å². The normalized spacial score (nSPS) is 14.1. The minimum Gasteiger partial charge on any atom is -0.508 e. The first-order chi connectivity index (χ1) is 7.32. The number of nitrogens with zero attached hydrogens (tertiary/aromatic N) is 1. The first-order valence-corrected chi connectivity index (χ1v) is 5.79. The molecule has 1 rings (SSSR count). The van der Waals surface area contributed by atoms with Crippen molar-refractivity contribution in [3.05, 3.63) is 29.8 Å². The predicted molar refractivity (Wildman–Crippen MR) is 68.5 cm³/mol. The summed E-state index contributed by atoms with van der Waals surface area (Å²) in [6.07, 6.45) is 0. The molecule has 0 saturated carbocycles. The third-order valence-electron chi connectivity index (χ3n) is 3.33. The maximum atomic E-state index is 9.72. The van der Waals surface area contributed by atoms with Crippen molar-refractivity contribution in [2.45, 2.75) is 40.3 Å². The first kappa shape index (κ1) is 13.0. The summed E-state index contributed by atoms with van der Waals surface area (Å²) in [6, 6.07) is 8.00. The van der Waals surface area contributed by atoms with Gasteiger partial charge in [-0.25, -0.2) is 0 Å². The summed E-state index contributed by atoms with van der Waals surface area (Å²) < 4.78 is 0. The monoisotopic (exact) mass is 221 g/mol. The molecule has 1 N–H and O–H groups in total. The highest BCUT2D eigenvalue weighted by molar-refractivity contribution is 5.31. The lowest BCUT2D eigenvalue weighted by molar-refractivity contribution is 0.133. The molecule has 1 aromatic carbocycles. The van der Waals surface area contributed by atoms with Gasteiger partial charge in [0, 0.05) is 18.2 Å². The summed E-state index contributed by atoms with van der Waals surface area (Å²) in [5, 5.41) is 9.72. The van der Waals surface area contributed by atoms with E-state index in [9.17, 15) is 5.11 Å². The van der Waals surface area contributed by atoms with E-state index in [2.05, 4.69) is 39.6 Å². The molecular formula is C14H23NO. The van der Waals surface area contributed by atoms with Gasteiger partial charge < -0.3 is 5.11 Å². The van der Waals surface area contributed by atoms with E-state index in [-0.39, 0.29) is 5.41 Å². The van der Waals surface area contributed by atoms with Crippen LogP contribution in [-0.4, -0.2) is 23.1 Å². The molecule has 0 amide bonds. The first-order valence-electron chi connectivity index (χ1n) is 5.79. The highest BCUT2D eigenvalue weighted by Gasteiger charge is 2.24. The average Bonchev–Trinajstić information content (AvgIpc) is 2.19. The van der Waals surface area contributed by atoms with E-state index >= 15 is 0 Å². The molecular weight excluding hydrogens is 198 g/mol. The number of para-hydroxylation sites is 1. The van der Waals surface area contributed by atoms with Crippen molar-refractivity contribution in [1.82, 2.24) is 4.90 Å². The molecule has 1 atom stereocenters. The van der Waals surface area contributed by atoms with Crippen LogP contribution < -0.4 is 0 Å². The van der Waals surface area contributed by atoms with Crippen LogP contribution >= 0.6 is 0 Å². The minimum absolute atomic E-state index is 0.249. The Hall–Kier alpha value is -1.02. The Labute approximate surface area is 98.9 Å². The molecule has 2 nitrogen and oxygen atoms in total. The zero-order chi connectivity index (χ0) is 12.3. The number of hydrogen-bond donors (Lipinski definition) is 1. The SMILES string of the molecule is CC(N(C)Cc1ccccc1O)C(C)(C)C. The Morgan fingerprint density at radius 1 is 1.25 bits per heavy atom. The zero-order valence-electron chi connectivity index (χ0n) is 11.0. The Morgan fingerprint density at radius 3 is 2.31 bits per heavy atom. The van der Waals surface area contributed by atoms with Gasteiger partial charge in [0.2, 0.25) is 0 Å². The van der Waals surface area contributed by atoms with Gasteiger partial charge >= 0.3 is 0 Å². The summed E-state index contributed by atoms with van der Waals surface area (Å²) in [5.74, 6) is 0.385. The van der Waals surface area contributed by atoms with E-state index in [1.165, 1.54) is 0 Å². The molecule has 2 heteroatoms. The van der Waals surface area contributed by atoms with E-state index in [1.807, 2.05) is 18.2 Å². The van der Waals surface area contributed by atoms with Gasteiger partial charge in [0.15, 0.2) is 0 Å². The van der Waals surface area contributed by atoms with Gasteiger partial charge in [-0.2, -0.15) is 0 Å². The molecule has 0 saturated heterocycles. The van der Waals surface area contributed by atoms with Crippen LogP contribution in [0.4, 0.5) is 0 Å². The molecule has 0 aliphatic carbocycles. The van der Waals surface area contributed by atoms with Gasteiger partial charge in [0.1, 0.15) is 5.75 Å². The molecule has 0 aliphatic heterocycles. The highest BCUT2D eigenvalue weighted by Crippen LogP contribution is 2.25. The van der Waals surface area contributed by atoms with E-state index < -0.39 is 0 Å². The molecule has 1 unspecified atom stereocenters. The Morgan fingerprint density at radius 2 is 1.81 bits per heavy atom. The van der Waals surface area contributed by atoms with Gasteiger partial charge in [-0.15, -0.1) is 0 Å². The lowest BCUT2D eigenvalue weighted by Gasteiger charge is -2.35. The lowest BCUT2D eigenvalue weighted by Crippen LogP contribution is -2.38. The molecule has 0 aromatic heterocycles. The molecule has 1 aromatic rings. The van der Waals surface area contributed by atoms with Crippen molar-refractivity contribution in [2.24, 2.45) is 5.41 Å². The fraction of sp³-hybridized carbons (Fsp3) is 0.571. The third kappa shape index (κ3) is 3.24. The number of phenols is 1. The lowest BCUT2D eigenvalue weighted by atomic mass is 9.87. The van der Waals surface area contributed by atoms with Gasteiger partial charge in [-0.1, -0.05) is 39.0 Å². The number of aromatic hydroxyl groups is 1. The maximum Gasteiger partial charge on any atom is 0.120 e. The quantitative estimate of drug-likeness (QED) is 0.847. The molecule has 0 aliphatic rings. The summed E-state index contributed by atoms with van der Waals surface area (Å²) in [7, 11) is 2.10. The van der Waals surface area contributed by atoms with Crippen LogP contribution in [0.3, 0.4) is 0 Å². The van der Waals surface area contributed by atoms with Crippen molar-refractivity contribution < 1.29 is 5.11 Å².